The first-order valence-electron chi connectivity index (χ1n) is 8.10. The fraction of sp³-hybridized carbons (Fsp3) is 0.667. The minimum absolute atomic E-state index is 0.146. The number of nitrogens with two attached hydrogens (primary N) is 1. The second kappa shape index (κ2) is 6.73. The second-order valence-electron chi connectivity index (χ2n) is 6.50. The SMILES string of the molecule is CCCCN(CC(N)c1c(C)cc(C)cc1C)C1CC1. The van der Waals surface area contributed by atoms with Gasteiger partial charge in [0.1, 0.15) is 0 Å². The topological polar surface area (TPSA) is 29.3 Å². The number of aryl methyl sites for hydroxylation is 3. The van der Waals surface area contributed by atoms with E-state index in [-0.39, 0.29) is 6.04 Å². The van der Waals surface area contributed by atoms with E-state index in [9.17, 15) is 0 Å². The third-order valence-electron chi connectivity index (χ3n) is 4.40. The summed E-state index contributed by atoms with van der Waals surface area (Å²) in [7, 11) is 0. The largest absolute Gasteiger partial charge is 0.323 e. The highest BCUT2D eigenvalue weighted by atomic mass is 15.2. The van der Waals surface area contributed by atoms with Gasteiger partial charge in [-0.3, -0.25) is 4.90 Å². The van der Waals surface area contributed by atoms with Gasteiger partial charge in [0.15, 0.2) is 0 Å². The first-order chi connectivity index (χ1) is 9.52. The van der Waals surface area contributed by atoms with Crippen molar-refractivity contribution in [2.75, 3.05) is 13.1 Å². The Morgan fingerprint density at radius 2 is 1.80 bits per heavy atom. The normalized spacial score (nSPS) is 16.7. The first kappa shape index (κ1) is 15.5. The highest BCUT2D eigenvalue weighted by Gasteiger charge is 2.30. The van der Waals surface area contributed by atoms with E-state index in [0.29, 0.717) is 0 Å². The zero-order valence-electron chi connectivity index (χ0n) is 13.6. The summed E-state index contributed by atoms with van der Waals surface area (Å²) in [6, 6.07) is 5.47. The van der Waals surface area contributed by atoms with Crippen LogP contribution in [0.1, 0.15) is 60.9 Å². The average Bonchev–Trinajstić information content (AvgIpc) is 3.17. The third kappa shape index (κ3) is 3.83. The van der Waals surface area contributed by atoms with Gasteiger partial charge in [0, 0.05) is 18.6 Å². The molecule has 1 unspecified atom stereocenters. The van der Waals surface area contributed by atoms with Gasteiger partial charge in [0.05, 0.1) is 0 Å². The predicted octanol–water partition coefficient (Wildman–Crippen LogP) is 3.88. The number of unbranched alkanes of at least 4 members (excludes halogenated alkanes) is 1. The summed E-state index contributed by atoms with van der Waals surface area (Å²) in [4.78, 5) is 2.62. The van der Waals surface area contributed by atoms with Crippen LogP contribution in [0, 0.1) is 20.8 Å². The van der Waals surface area contributed by atoms with Crippen LogP contribution in [0.5, 0.6) is 0 Å². The Balaban J connectivity index is 2.08. The molecule has 2 rings (SSSR count). The summed E-state index contributed by atoms with van der Waals surface area (Å²) in [5, 5.41) is 0. The number of nitrogens with zero attached hydrogens (tertiary/aromatic N) is 1. The van der Waals surface area contributed by atoms with E-state index >= 15 is 0 Å². The lowest BCUT2D eigenvalue weighted by molar-refractivity contribution is 0.243. The Labute approximate surface area is 124 Å². The maximum atomic E-state index is 6.54. The second-order valence-corrected chi connectivity index (χ2v) is 6.50. The molecule has 2 N–H and O–H groups in total. The van der Waals surface area contributed by atoms with E-state index in [1.54, 1.807) is 0 Å². The smallest absolute Gasteiger partial charge is 0.0429 e. The van der Waals surface area contributed by atoms with Crippen LogP contribution in [0.4, 0.5) is 0 Å². The van der Waals surface area contributed by atoms with Crippen molar-refractivity contribution in [3.8, 4) is 0 Å². The molecule has 0 aliphatic heterocycles. The van der Waals surface area contributed by atoms with E-state index in [0.717, 1.165) is 12.6 Å². The van der Waals surface area contributed by atoms with Crippen LogP contribution in [0.15, 0.2) is 12.1 Å². The van der Waals surface area contributed by atoms with E-state index in [2.05, 4.69) is 44.7 Å². The van der Waals surface area contributed by atoms with Gasteiger partial charge in [-0.2, -0.15) is 0 Å². The highest BCUT2D eigenvalue weighted by Crippen LogP contribution is 2.30. The fourth-order valence-electron chi connectivity index (χ4n) is 3.34. The summed E-state index contributed by atoms with van der Waals surface area (Å²) in [5.74, 6) is 0. The van der Waals surface area contributed by atoms with Crippen LogP contribution >= 0.6 is 0 Å². The minimum atomic E-state index is 0.146. The van der Waals surface area contributed by atoms with Gasteiger partial charge in [-0.25, -0.2) is 0 Å². The van der Waals surface area contributed by atoms with Crippen LogP contribution in [-0.2, 0) is 0 Å². The van der Waals surface area contributed by atoms with Gasteiger partial charge in [-0.1, -0.05) is 31.0 Å². The third-order valence-corrected chi connectivity index (χ3v) is 4.40. The number of rotatable bonds is 7. The number of hydrogen-bond acceptors (Lipinski definition) is 2. The molecule has 2 nitrogen and oxygen atoms in total. The lowest BCUT2D eigenvalue weighted by atomic mass is 9.94. The summed E-state index contributed by atoms with van der Waals surface area (Å²) in [6.07, 6.45) is 5.28. The molecule has 0 spiro atoms. The zero-order chi connectivity index (χ0) is 14.7. The minimum Gasteiger partial charge on any atom is -0.323 e. The molecule has 0 bridgehead atoms. The van der Waals surface area contributed by atoms with Crippen LogP contribution in [-0.4, -0.2) is 24.0 Å². The van der Waals surface area contributed by atoms with Gasteiger partial charge in [-0.15, -0.1) is 0 Å². The molecule has 112 valence electrons. The van der Waals surface area contributed by atoms with Crippen molar-refractivity contribution in [3.05, 3.63) is 34.4 Å². The molecule has 1 aliphatic rings. The first-order valence-corrected chi connectivity index (χ1v) is 8.10. The zero-order valence-corrected chi connectivity index (χ0v) is 13.6. The molecule has 1 aromatic rings. The average molecular weight is 274 g/mol. The molecule has 1 saturated carbocycles. The molecule has 1 aliphatic carbocycles. The Morgan fingerprint density at radius 1 is 1.20 bits per heavy atom. The molecule has 0 amide bonds. The molecule has 0 aromatic heterocycles. The lowest BCUT2D eigenvalue weighted by Crippen LogP contribution is -2.35. The predicted molar refractivity (Wildman–Crippen MR) is 87.1 cm³/mol. The van der Waals surface area contributed by atoms with Gasteiger partial charge >= 0.3 is 0 Å². The quantitative estimate of drug-likeness (QED) is 0.817. The van der Waals surface area contributed by atoms with E-state index in [1.165, 1.54) is 54.5 Å². The lowest BCUT2D eigenvalue weighted by Gasteiger charge is -2.27. The van der Waals surface area contributed by atoms with Crippen LogP contribution < -0.4 is 5.73 Å². The molecule has 0 saturated heterocycles. The standard InChI is InChI=1S/C18H30N2/c1-5-6-9-20(16-7-8-16)12-17(19)18-14(3)10-13(2)11-15(18)4/h10-11,16-17H,5-9,12,19H2,1-4H3. The number of benzene rings is 1. The van der Waals surface area contributed by atoms with Gasteiger partial charge < -0.3 is 5.73 Å². The Kier molecular flexibility index (Phi) is 5.22. The molecule has 1 fully saturated rings. The molecular weight excluding hydrogens is 244 g/mol. The maximum Gasteiger partial charge on any atom is 0.0429 e. The van der Waals surface area contributed by atoms with Crippen LogP contribution in [0.2, 0.25) is 0 Å². The fourth-order valence-corrected chi connectivity index (χ4v) is 3.34. The van der Waals surface area contributed by atoms with Crippen molar-refractivity contribution in [1.82, 2.24) is 4.90 Å². The summed E-state index contributed by atoms with van der Waals surface area (Å²) in [6.45, 7) is 11.0. The highest BCUT2D eigenvalue weighted by molar-refractivity contribution is 5.39. The Morgan fingerprint density at radius 3 is 2.30 bits per heavy atom. The van der Waals surface area contributed by atoms with Crippen molar-refractivity contribution in [3.63, 3.8) is 0 Å². The van der Waals surface area contributed by atoms with E-state index in [1.807, 2.05) is 0 Å². The van der Waals surface area contributed by atoms with Crippen molar-refractivity contribution in [2.45, 2.75) is 65.5 Å². The van der Waals surface area contributed by atoms with Crippen LogP contribution in [0.25, 0.3) is 0 Å². The van der Waals surface area contributed by atoms with Crippen molar-refractivity contribution < 1.29 is 0 Å². The van der Waals surface area contributed by atoms with Crippen molar-refractivity contribution >= 4 is 0 Å². The summed E-state index contributed by atoms with van der Waals surface area (Å²) < 4.78 is 0. The van der Waals surface area contributed by atoms with Crippen molar-refractivity contribution in [1.29, 1.82) is 0 Å². The van der Waals surface area contributed by atoms with Crippen LogP contribution in [0.3, 0.4) is 0 Å². The monoisotopic (exact) mass is 274 g/mol. The maximum absolute atomic E-state index is 6.54. The molecule has 1 atom stereocenters. The van der Waals surface area contributed by atoms with E-state index in [4.69, 9.17) is 5.73 Å². The molecule has 20 heavy (non-hydrogen) atoms. The van der Waals surface area contributed by atoms with Gasteiger partial charge in [0.25, 0.3) is 0 Å². The summed E-state index contributed by atoms with van der Waals surface area (Å²) in [5.41, 5.74) is 11.9. The molecule has 2 heteroatoms. The van der Waals surface area contributed by atoms with Gasteiger partial charge in [0.2, 0.25) is 0 Å². The molecule has 0 heterocycles. The van der Waals surface area contributed by atoms with Gasteiger partial charge in [-0.05, 0) is 63.3 Å². The molecule has 0 radical (unpaired) electrons. The Hall–Kier alpha value is -0.860. The summed E-state index contributed by atoms with van der Waals surface area (Å²) >= 11 is 0. The number of hydrogen-bond donors (Lipinski definition) is 1. The molecular formula is C18H30N2. The Bertz CT molecular complexity index is 426. The molecule has 1 aromatic carbocycles. The van der Waals surface area contributed by atoms with Crippen molar-refractivity contribution in [2.24, 2.45) is 5.73 Å². The van der Waals surface area contributed by atoms with E-state index < -0.39 is 0 Å².